The van der Waals surface area contributed by atoms with Gasteiger partial charge in [0.1, 0.15) is 0 Å². The fraction of sp³-hybridized carbons (Fsp3) is 0.267. The quantitative estimate of drug-likeness (QED) is 0.764. The molecule has 0 fully saturated rings. The van der Waals surface area contributed by atoms with Crippen LogP contribution in [0, 0.1) is 5.82 Å². The number of halogens is 1. The number of nitrogens with zero attached hydrogens (tertiary/aromatic N) is 2. The van der Waals surface area contributed by atoms with Crippen LogP contribution in [-0.4, -0.2) is 18.1 Å². The highest BCUT2D eigenvalue weighted by molar-refractivity contribution is 5.47. The maximum Gasteiger partial charge on any atom is 0.164 e. The predicted molar refractivity (Wildman–Crippen MR) is 70.3 cm³/mol. The highest BCUT2D eigenvalue weighted by Crippen LogP contribution is 2.22. The van der Waals surface area contributed by atoms with Crippen LogP contribution in [0.2, 0.25) is 0 Å². The Hall–Kier alpha value is -1.90. The molecule has 2 nitrogen and oxygen atoms in total. The van der Waals surface area contributed by atoms with Crippen LogP contribution in [0.25, 0.3) is 0 Å². The SMILES string of the molecule is Fc1cnccc1N1CCc2ccccc2CC1. The van der Waals surface area contributed by atoms with Gasteiger partial charge in [0.05, 0.1) is 11.9 Å². The van der Waals surface area contributed by atoms with E-state index in [1.807, 2.05) is 0 Å². The number of hydrogen-bond acceptors (Lipinski definition) is 2. The molecule has 0 N–H and O–H groups in total. The Morgan fingerprint density at radius 1 is 1.00 bits per heavy atom. The van der Waals surface area contributed by atoms with E-state index in [4.69, 9.17) is 0 Å². The molecule has 0 amide bonds. The molecule has 2 heterocycles. The summed E-state index contributed by atoms with van der Waals surface area (Å²) >= 11 is 0. The number of hydrogen-bond donors (Lipinski definition) is 0. The van der Waals surface area contributed by atoms with Gasteiger partial charge in [-0.05, 0) is 30.0 Å². The van der Waals surface area contributed by atoms with E-state index in [0.29, 0.717) is 5.69 Å². The average Bonchev–Trinajstić information content (AvgIpc) is 2.62. The van der Waals surface area contributed by atoms with Crippen molar-refractivity contribution in [3.05, 3.63) is 59.7 Å². The molecule has 0 aliphatic carbocycles. The van der Waals surface area contributed by atoms with Crippen molar-refractivity contribution in [2.24, 2.45) is 0 Å². The minimum atomic E-state index is -0.233. The summed E-state index contributed by atoms with van der Waals surface area (Å²) in [5.41, 5.74) is 3.43. The molecule has 0 spiro atoms. The molecule has 0 atom stereocenters. The lowest BCUT2D eigenvalue weighted by atomic mass is 10.0. The number of anilines is 1. The molecule has 0 saturated carbocycles. The molecule has 0 unspecified atom stereocenters. The van der Waals surface area contributed by atoms with E-state index in [-0.39, 0.29) is 5.82 Å². The molecule has 1 aromatic carbocycles. The topological polar surface area (TPSA) is 16.1 Å². The predicted octanol–water partition coefficient (Wildman–Crippen LogP) is 2.83. The second-order valence-electron chi connectivity index (χ2n) is 4.58. The maximum absolute atomic E-state index is 13.7. The standard InChI is InChI=1S/C15H15FN2/c16-14-11-17-8-5-15(14)18-9-6-12-3-1-2-4-13(12)7-10-18/h1-5,8,11H,6-7,9-10H2. The van der Waals surface area contributed by atoms with Crippen molar-refractivity contribution >= 4 is 5.69 Å². The Labute approximate surface area is 106 Å². The second kappa shape index (κ2) is 4.77. The van der Waals surface area contributed by atoms with Crippen molar-refractivity contribution in [3.8, 4) is 0 Å². The van der Waals surface area contributed by atoms with Crippen LogP contribution in [0.15, 0.2) is 42.7 Å². The van der Waals surface area contributed by atoms with Crippen molar-refractivity contribution < 1.29 is 4.39 Å². The minimum Gasteiger partial charge on any atom is -0.368 e. The summed E-state index contributed by atoms with van der Waals surface area (Å²) in [6, 6.07) is 10.2. The molecule has 3 rings (SSSR count). The first kappa shape index (κ1) is 11.2. The molecule has 1 aliphatic rings. The Balaban J connectivity index is 1.85. The third kappa shape index (κ3) is 2.08. The number of benzene rings is 1. The van der Waals surface area contributed by atoms with E-state index < -0.39 is 0 Å². The van der Waals surface area contributed by atoms with E-state index in [9.17, 15) is 4.39 Å². The van der Waals surface area contributed by atoms with E-state index in [0.717, 1.165) is 25.9 Å². The number of rotatable bonds is 1. The molecule has 2 aromatic rings. The second-order valence-corrected chi connectivity index (χ2v) is 4.58. The summed E-state index contributed by atoms with van der Waals surface area (Å²) in [5, 5.41) is 0. The number of aromatic nitrogens is 1. The first-order valence-electron chi connectivity index (χ1n) is 6.26. The fourth-order valence-corrected chi connectivity index (χ4v) is 2.53. The van der Waals surface area contributed by atoms with E-state index in [1.54, 1.807) is 12.3 Å². The first-order chi connectivity index (χ1) is 8.84. The maximum atomic E-state index is 13.7. The minimum absolute atomic E-state index is 0.233. The fourth-order valence-electron chi connectivity index (χ4n) is 2.53. The van der Waals surface area contributed by atoms with E-state index in [1.165, 1.54) is 17.3 Å². The number of fused-ring (bicyclic) bond motifs is 1. The number of pyridine rings is 1. The summed E-state index contributed by atoms with van der Waals surface area (Å²) in [6.07, 6.45) is 4.87. The van der Waals surface area contributed by atoms with Crippen LogP contribution in [0.3, 0.4) is 0 Å². The molecule has 0 radical (unpaired) electrons. The molecule has 1 aliphatic heterocycles. The van der Waals surface area contributed by atoms with Gasteiger partial charge in [-0.25, -0.2) is 4.39 Å². The summed E-state index contributed by atoms with van der Waals surface area (Å²) in [5.74, 6) is -0.233. The molecule has 1 aromatic heterocycles. The van der Waals surface area contributed by atoms with Crippen LogP contribution >= 0.6 is 0 Å². The van der Waals surface area contributed by atoms with Crippen molar-refractivity contribution in [3.63, 3.8) is 0 Å². The van der Waals surface area contributed by atoms with Gasteiger partial charge in [-0.15, -0.1) is 0 Å². The van der Waals surface area contributed by atoms with Gasteiger partial charge in [-0.3, -0.25) is 4.98 Å². The highest BCUT2D eigenvalue weighted by atomic mass is 19.1. The monoisotopic (exact) mass is 242 g/mol. The van der Waals surface area contributed by atoms with Gasteiger partial charge in [-0.2, -0.15) is 0 Å². The van der Waals surface area contributed by atoms with E-state index >= 15 is 0 Å². The van der Waals surface area contributed by atoms with Gasteiger partial charge in [0.15, 0.2) is 5.82 Å². The smallest absolute Gasteiger partial charge is 0.164 e. The molecular formula is C15H15FN2. The third-order valence-corrected chi connectivity index (χ3v) is 3.51. The van der Waals surface area contributed by atoms with Gasteiger partial charge in [0, 0.05) is 19.3 Å². The zero-order chi connectivity index (χ0) is 12.4. The van der Waals surface area contributed by atoms with Crippen LogP contribution in [0.5, 0.6) is 0 Å². The Morgan fingerprint density at radius 3 is 2.28 bits per heavy atom. The summed E-state index contributed by atoms with van der Waals surface area (Å²) in [4.78, 5) is 5.91. The molecule has 92 valence electrons. The average molecular weight is 242 g/mol. The van der Waals surface area contributed by atoms with Gasteiger partial charge < -0.3 is 4.90 Å². The molecule has 0 bridgehead atoms. The summed E-state index contributed by atoms with van der Waals surface area (Å²) < 4.78 is 13.7. The Morgan fingerprint density at radius 2 is 1.67 bits per heavy atom. The van der Waals surface area contributed by atoms with Crippen LogP contribution in [0.4, 0.5) is 10.1 Å². The largest absolute Gasteiger partial charge is 0.368 e. The van der Waals surface area contributed by atoms with Gasteiger partial charge in [0.2, 0.25) is 0 Å². The van der Waals surface area contributed by atoms with Gasteiger partial charge >= 0.3 is 0 Å². The lowest BCUT2D eigenvalue weighted by Crippen LogP contribution is -2.26. The van der Waals surface area contributed by atoms with Gasteiger partial charge in [0.25, 0.3) is 0 Å². The summed E-state index contributed by atoms with van der Waals surface area (Å²) in [7, 11) is 0. The molecule has 3 heteroatoms. The normalized spacial score (nSPS) is 15.1. The first-order valence-corrected chi connectivity index (χ1v) is 6.26. The lowest BCUT2D eigenvalue weighted by molar-refractivity contribution is 0.611. The summed E-state index contributed by atoms with van der Waals surface area (Å²) in [6.45, 7) is 1.72. The van der Waals surface area contributed by atoms with Crippen LogP contribution < -0.4 is 4.90 Å². The lowest BCUT2D eigenvalue weighted by Gasteiger charge is -2.22. The zero-order valence-corrected chi connectivity index (χ0v) is 10.1. The Kier molecular flexibility index (Phi) is 2.97. The Bertz CT molecular complexity index is 527. The third-order valence-electron chi connectivity index (χ3n) is 3.51. The van der Waals surface area contributed by atoms with Crippen molar-refractivity contribution in [1.29, 1.82) is 0 Å². The van der Waals surface area contributed by atoms with Crippen molar-refractivity contribution in [2.75, 3.05) is 18.0 Å². The van der Waals surface area contributed by atoms with Crippen LogP contribution in [0.1, 0.15) is 11.1 Å². The molecular weight excluding hydrogens is 227 g/mol. The van der Waals surface area contributed by atoms with Crippen LogP contribution in [-0.2, 0) is 12.8 Å². The van der Waals surface area contributed by atoms with Crippen molar-refractivity contribution in [1.82, 2.24) is 4.98 Å². The molecule has 0 saturated heterocycles. The van der Waals surface area contributed by atoms with Gasteiger partial charge in [-0.1, -0.05) is 24.3 Å². The van der Waals surface area contributed by atoms with E-state index in [2.05, 4.69) is 34.1 Å². The molecule has 18 heavy (non-hydrogen) atoms. The van der Waals surface area contributed by atoms with Crippen molar-refractivity contribution in [2.45, 2.75) is 12.8 Å². The highest BCUT2D eigenvalue weighted by Gasteiger charge is 2.16. The zero-order valence-electron chi connectivity index (χ0n) is 10.1.